The van der Waals surface area contributed by atoms with E-state index in [1.54, 1.807) is 36.4 Å². The molecule has 0 aliphatic rings. The molecule has 1 N–H and O–H groups in total. The number of allylic oxidation sites excluding steroid dienone is 1. The number of rotatable bonds is 8. The van der Waals surface area contributed by atoms with Gasteiger partial charge in [-0.3, -0.25) is 10.1 Å². The second kappa shape index (κ2) is 9.91. The summed E-state index contributed by atoms with van der Waals surface area (Å²) in [4.78, 5) is 21.2. The molecule has 0 atom stereocenters. The van der Waals surface area contributed by atoms with Crippen LogP contribution in [0.4, 0.5) is 5.69 Å². The van der Waals surface area contributed by atoms with Crippen LogP contribution in [0.25, 0.3) is 11.6 Å². The van der Waals surface area contributed by atoms with E-state index in [9.17, 15) is 20.2 Å². The summed E-state index contributed by atoms with van der Waals surface area (Å²) in [5.41, 5.74) is 2.54. The number of ether oxygens (including phenoxy) is 2. The van der Waals surface area contributed by atoms with Gasteiger partial charge in [-0.15, -0.1) is 0 Å². The molecule has 8 nitrogen and oxygen atoms in total. The van der Waals surface area contributed by atoms with Gasteiger partial charge in [-0.25, -0.2) is 4.79 Å². The predicted molar refractivity (Wildman–Crippen MR) is 117 cm³/mol. The monoisotopic (exact) mass is 430 g/mol. The first-order valence-electron chi connectivity index (χ1n) is 9.41. The van der Waals surface area contributed by atoms with Crippen molar-refractivity contribution in [3.8, 4) is 17.6 Å². The number of carbonyl (C=O) groups is 1. The Morgan fingerprint density at radius 1 is 1.06 bits per heavy atom. The lowest BCUT2D eigenvalue weighted by molar-refractivity contribution is -0.384. The molecule has 3 aromatic rings. The molecule has 0 bridgehead atoms. The highest BCUT2D eigenvalue weighted by Crippen LogP contribution is 2.31. The molecule has 8 heteroatoms. The van der Waals surface area contributed by atoms with Crippen molar-refractivity contribution in [1.82, 2.24) is 0 Å². The van der Waals surface area contributed by atoms with Crippen LogP contribution in [0.3, 0.4) is 0 Å². The van der Waals surface area contributed by atoms with Crippen LogP contribution in [0.5, 0.6) is 11.5 Å². The van der Waals surface area contributed by atoms with E-state index in [0.29, 0.717) is 28.2 Å². The lowest BCUT2D eigenvalue weighted by Gasteiger charge is -2.12. The summed E-state index contributed by atoms with van der Waals surface area (Å²) in [5, 5.41) is 29.3. The van der Waals surface area contributed by atoms with Crippen LogP contribution in [0.1, 0.15) is 27.0 Å². The van der Waals surface area contributed by atoms with Crippen molar-refractivity contribution >= 4 is 23.3 Å². The minimum Gasteiger partial charge on any atom is -0.493 e. The van der Waals surface area contributed by atoms with Gasteiger partial charge >= 0.3 is 5.97 Å². The maximum atomic E-state index is 10.9. The number of nitro benzene ring substituents is 1. The Morgan fingerprint density at radius 2 is 1.72 bits per heavy atom. The Hall–Kier alpha value is -4.64. The SMILES string of the molecule is COc1cc(/C=C(\C#N)c2ccc([N+](=O)[O-])cc2)ccc1OCc1ccc(C(=O)O)cc1. The third-order valence-corrected chi connectivity index (χ3v) is 4.60. The average molecular weight is 430 g/mol. The lowest BCUT2D eigenvalue weighted by atomic mass is 10.0. The van der Waals surface area contributed by atoms with Gasteiger partial charge in [0.2, 0.25) is 0 Å². The number of nitriles is 1. The predicted octanol–water partition coefficient (Wildman–Crippen LogP) is 4.94. The van der Waals surface area contributed by atoms with Crippen molar-refractivity contribution in [2.24, 2.45) is 0 Å². The van der Waals surface area contributed by atoms with Gasteiger partial charge in [-0.1, -0.05) is 18.2 Å². The molecule has 0 heterocycles. The summed E-state index contributed by atoms with van der Waals surface area (Å²) in [6.07, 6.45) is 1.65. The number of hydrogen-bond donors (Lipinski definition) is 1. The zero-order chi connectivity index (χ0) is 23.1. The quantitative estimate of drug-likeness (QED) is 0.232. The Balaban J connectivity index is 1.78. The molecule has 3 rings (SSSR count). The highest BCUT2D eigenvalue weighted by atomic mass is 16.6. The van der Waals surface area contributed by atoms with Crippen molar-refractivity contribution in [2.75, 3.05) is 7.11 Å². The average Bonchev–Trinajstić information content (AvgIpc) is 2.81. The first kappa shape index (κ1) is 22.1. The molecule has 32 heavy (non-hydrogen) atoms. The molecule has 0 fully saturated rings. The number of methoxy groups -OCH3 is 1. The molecular formula is C24H18N2O6. The number of non-ortho nitro benzene ring substituents is 1. The molecule has 0 aliphatic carbocycles. The highest BCUT2D eigenvalue weighted by Gasteiger charge is 2.10. The number of benzene rings is 3. The van der Waals surface area contributed by atoms with E-state index in [1.165, 1.54) is 43.5 Å². The van der Waals surface area contributed by atoms with Gasteiger partial charge in [0.15, 0.2) is 11.5 Å². The smallest absolute Gasteiger partial charge is 0.335 e. The summed E-state index contributed by atoms with van der Waals surface area (Å²) in [6.45, 7) is 0.220. The maximum absolute atomic E-state index is 10.9. The van der Waals surface area contributed by atoms with Crippen molar-refractivity contribution in [2.45, 2.75) is 6.61 Å². The topological polar surface area (TPSA) is 123 Å². The molecule has 0 amide bonds. The van der Waals surface area contributed by atoms with Crippen LogP contribution in [0.15, 0.2) is 66.7 Å². The minimum absolute atomic E-state index is 0.0492. The van der Waals surface area contributed by atoms with Gasteiger partial charge in [-0.2, -0.15) is 5.26 Å². The molecule has 0 aliphatic heterocycles. The van der Waals surface area contributed by atoms with Gasteiger partial charge in [0.1, 0.15) is 6.61 Å². The van der Waals surface area contributed by atoms with Crippen LogP contribution in [0, 0.1) is 21.4 Å². The molecule has 0 saturated heterocycles. The van der Waals surface area contributed by atoms with Gasteiger partial charge < -0.3 is 14.6 Å². The second-order valence-electron chi connectivity index (χ2n) is 6.67. The van der Waals surface area contributed by atoms with Crippen LogP contribution < -0.4 is 9.47 Å². The van der Waals surface area contributed by atoms with Crippen LogP contribution >= 0.6 is 0 Å². The fourth-order valence-electron chi connectivity index (χ4n) is 2.91. The van der Waals surface area contributed by atoms with Gasteiger partial charge in [0.25, 0.3) is 5.69 Å². The third-order valence-electron chi connectivity index (χ3n) is 4.60. The van der Waals surface area contributed by atoms with E-state index >= 15 is 0 Å². The van der Waals surface area contributed by atoms with E-state index in [0.717, 1.165) is 5.56 Å². The number of nitrogens with zero attached hydrogens (tertiary/aromatic N) is 2. The van der Waals surface area contributed by atoms with E-state index in [2.05, 4.69) is 6.07 Å². The van der Waals surface area contributed by atoms with Crippen molar-refractivity contribution in [3.05, 3.63) is 99.1 Å². The number of nitro groups is 1. The van der Waals surface area contributed by atoms with Gasteiger partial charge in [0, 0.05) is 12.1 Å². The zero-order valence-electron chi connectivity index (χ0n) is 17.0. The van der Waals surface area contributed by atoms with E-state index in [1.807, 2.05) is 0 Å². The molecule has 160 valence electrons. The van der Waals surface area contributed by atoms with E-state index < -0.39 is 10.9 Å². The molecule has 0 unspecified atom stereocenters. The van der Waals surface area contributed by atoms with Crippen LogP contribution in [0.2, 0.25) is 0 Å². The highest BCUT2D eigenvalue weighted by molar-refractivity contribution is 5.90. The van der Waals surface area contributed by atoms with Crippen molar-refractivity contribution < 1.29 is 24.3 Å². The molecular weight excluding hydrogens is 412 g/mol. The largest absolute Gasteiger partial charge is 0.493 e. The molecule has 0 saturated carbocycles. The zero-order valence-corrected chi connectivity index (χ0v) is 17.0. The summed E-state index contributed by atoms with van der Waals surface area (Å²) in [6, 6.07) is 19.4. The molecule has 0 aromatic heterocycles. The Labute approximate surface area is 183 Å². The molecule has 0 spiro atoms. The summed E-state index contributed by atoms with van der Waals surface area (Å²) >= 11 is 0. The third kappa shape index (κ3) is 5.29. The fraction of sp³-hybridized carbons (Fsp3) is 0.0833. The summed E-state index contributed by atoms with van der Waals surface area (Å²) in [5.74, 6) is -0.0454. The Kier molecular flexibility index (Phi) is 6.83. The van der Waals surface area contributed by atoms with Crippen molar-refractivity contribution in [3.63, 3.8) is 0 Å². The summed E-state index contributed by atoms with van der Waals surface area (Å²) < 4.78 is 11.2. The number of hydrogen-bond acceptors (Lipinski definition) is 6. The lowest BCUT2D eigenvalue weighted by Crippen LogP contribution is -2.00. The number of aromatic carboxylic acids is 1. The Bertz CT molecular complexity index is 1210. The van der Waals surface area contributed by atoms with E-state index in [4.69, 9.17) is 14.6 Å². The molecule has 0 radical (unpaired) electrons. The van der Waals surface area contributed by atoms with Crippen molar-refractivity contribution in [1.29, 1.82) is 5.26 Å². The first-order valence-corrected chi connectivity index (χ1v) is 9.41. The Morgan fingerprint density at radius 3 is 2.28 bits per heavy atom. The normalized spacial score (nSPS) is 10.8. The number of carboxylic acid groups (broad SMARTS) is 1. The second-order valence-corrected chi connectivity index (χ2v) is 6.67. The van der Waals surface area contributed by atoms with E-state index in [-0.39, 0.29) is 17.9 Å². The van der Waals surface area contributed by atoms with Gasteiger partial charge in [-0.05, 0) is 59.2 Å². The molecule has 3 aromatic carbocycles. The van der Waals surface area contributed by atoms with Crippen LogP contribution in [-0.4, -0.2) is 23.1 Å². The first-order chi connectivity index (χ1) is 15.4. The standard InChI is InChI=1S/C24H18N2O6/c1-31-23-13-17(12-20(14-25)18-7-9-21(10-8-18)26(29)30)4-11-22(23)32-15-16-2-5-19(6-3-16)24(27)28/h2-13H,15H2,1H3,(H,27,28)/b20-12+. The fourth-order valence-corrected chi connectivity index (χ4v) is 2.91. The summed E-state index contributed by atoms with van der Waals surface area (Å²) in [7, 11) is 1.50. The van der Waals surface area contributed by atoms with Crippen LogP contribution in [-0.2, 0) is 6.61 Å². The minimum atomic E-state index is -0.992. The number of carboxylic acids is 1. The maximum Gasteiger partial charge on any atom is 0.335 e. The van der Waals surface area contributed by atoms with Gasteiger partial charge in [0.05, 0.1) is 29.2 Å².